The third-order valence-corrected chi connectivity index (χ3v) is 10.6. The fourth-order valence-corrected chi connectivity index (χ4v) is 7.37. The molecule has 28 heteroatoms. The molecule has 276 valence electrons. The van der Waals surface area contributed by atoms with E-state index >= 15 is 0 Å². The maximum Gasteiger partial charge on any atom is 1.00 e. The van der Waals surface area contributed by atoms with Crippen LogP contribution in [0.15, 0.2) is 58.3 Å². The van der Waals surface area contributed by atoms with Crippen molar-refractivity contribution in [3.63, 3.8) is 0 Å². The molecular weight excluding hydrogens is 807 g/mol. The molecular formula is C24H26N4Na2O18S4. The van der Waals surface area contributed by atoms with Crippen molar-refractivity contribution in [2.24, 2.45) is 0 Å². The second-order valence-electron chi connectivity index (χ2n) is 10.2. The number of β-lactam (4-membered cyclic amide) rings is 2. The topological polar surface area (TPSA) is 340 Å². The van der Waals surface area contributed by atoms with E-state index < -0.39 is 112 Å². The minimum atomic E-state index is -5.03. The number of hydrogen-bond donors (Lipinski definition) is 4. The summed E-state index contributed by atoms with van der Waals surface area (Å²) >= 11 is 0. The molecule has 2 aromatic rings. The van der Waals surface area contributed by atoms with Crippen LogP contribution in [0.3, 0.4) is 0 Å². The van der Waals surface area contributed by atoms with Gasteiger partial charge in [-0.05, 0) is 23.3 Å². The minimum absolute atomic E-state index is 0. The van der Waals surface area contributed by atoms with E-state index in [0.717, 1.165) is 26.4 Å². The molecule has 0 aliphatic carbocycles. The van der Waals surface area contributed by atoms with Gasteiger partial charge in [-0.25, -0.2) is 25.4 Å². The molecule has 0 bridgehead atoms. The molecule has 0 spiro atoms. The summed E-state index contributed by atoms with van der Waals surface area (Å²) in [6.45, 7) is -1.42. The first kappa shape index (κ1) is 47.9. The second-order valence-corrected chi connectivity index (χ2v) is 15.6. The summed E-state index contributed by atoms with van der Waals surface area (Å²) in [7, 11) is -17.1. The van der Waals surface area contributed by atoms with E-state index in [1.165, 1.54) is 36.4 Å². The molecule has 4 rings (SSSR count). The first-order valence-corrected chi connectivity index (χ1v) is 18.8. The van der Waals surface area contributed by atoms with Crippen LogP contribution in [0.1, 0.15) is 11.1 Å². The van der Waals surface area contributed by atoms with Gasteiger partial charge in [0.15, 0.2) is 20.6 Å². The molecule has 2 saturated heterocycles. The summed E-state index contributed by atoms with van der Waals surface area (Å²) in [4.78, 5) is 46.9. The number of amides is 4. The van der Waals surface area contributed by atoms with Gasteiger partial charge in [0.25, 0.3) is 32.1 Å². The van der Waals surface area contributed by atoms with E-state index in [1.54, 1.807) is 0 Å². The third-order valence-electron chi connectivity index (χ3n) is 7.00. The van der Waals surface area contributed by atoms with Crippen LogP contribution in [0.25, 0.3) is 0 Å². The van der Waals surface area contributed by atoms with Gasteiger partial charge in [0.1, 0.15) is 0 Å². The third kappa shape index (κ3) is 11.0. The van der Waals surface area contributed by atoms with Crippen LogP contribution in [0, 0.1) is 0 Å². The Morgan fingerprint density at radius 2 is 0.962 bits per heavy atom. The molecule has 2 heterocycles. The minimum Gasteiger partial charge on any atom is -0.731 e. The summed E-state index contributed by atoms with van der Waals surface area (Å²) in [5.41, 5.74) is -4.15. The van der Waals surface area contributed by atoms with Crippen LogP contribution in [-0.2, 0) is 82.3 Å². The SMILES string of the molecule is COC1(NC(=O)Cc2ccccc2S(=O)(=O)O)CN(S(=O)(=O)[O-])C1=O.COC1(NC(=O)Cc2ccccc2S(=O)(=O)O)CN(S(=O)(=O)[O-])C1=O.[Na+].[Na+]. The summed E-state index contributed by atoms with van der Waals surface area (Å²) in [6.07, 6.45) is -1.09. The fourth-order valence-electron chi connectivity index (χ4n) is 4.54. The zero-order valence-electron chi connectivity index (χ0n) is 27.4. The first-order chi connectivity index (χ1) is 22.8. The Morgan fingerprint density at radius 3 is 1.19 bits per heavy atom. The number of hydrogen-bond acceptors (Lipinski definition) is 16. The largest absolute Gasteiger partial charge is 1.00 e. The van der Waals surface area contributed by atoms with Crippen molar-refractivity contribution < 1.29 is 140 Å². The molecule has 2 fully saturated rings. The fraction of sp³-hybridized carbons (Fsp3) is 0.333. The zero-order chi connectivity index (χ0) is 38.1. The maximum absolute atomic E-state index is 12.1. The van der Waals surface area contributed by atoms with Gasteiger partial charge in [-0.15, -0.1) is 0 Å². The zero-order valence-corrected chi connectivity index (χ0v) is 34.7. The van der Waals surface area contributed by atoms with Gasteiger partial charge in [-0.3, -0.25) is 28.3 Å². The van der Waals surface area contributed by atoms with Crippen molar-refractivity contribution >= 4 is 64.5 Å². The molecule has 0 saturated carbocycles. The molecule has 0 radical (unpaired) electrons. The van der Waals surface area contributed by atoms with Crippen LogP contribution in [-0.4, -0.2) is 123 Å². The molecule has 52 heavy (non-hydrogen) atoms. The van der Waals surface area contributed by atoms with E-state index in [9.17, 15) is 62.0 Å². The van der Waals surface area contributed by atoms with Gasteiger partial charge >= 0.3 is 59.1 Å². The predicted molar refractivity (Wildman–Crippen MR) is 159 cm³/mol. The van der Waals surface area contributed by atoms with Crippen molar-refractivity contribution in [1.29, 1.82) is 0 Å². The van der Waals surface area contributed by atoms with Gasteiger partial charge in [-0.2, -0.15) is 16.8 Å². The summed E-state index contributed by atoms with van der Waals surface area (Å²) in [6, 6.07) is 10.3. The van der Waals surface area contributed by atoms with E-state index in [4.69, 9.17) is 18.6 Å². The van der Waals surface area contributed by atoms with Crippen molar-refractivity contribution in [1.82, 2.24) is 19.2 Å². The Bertz CT molecular complexity index is 2020. The Balaban J connectivity index is 0.000000501. The number of rotatable bonds is 12. The average molecular weight is 833 g/mol. The van der Waals surface area contributed by atoms with E-state index in [-0.39, 0.29) is 78.9 Å². The van der Waals surface area contributed by atoms with E-state index in [1.807, 2.05) is 0 Å². The summed E-state index contributed by atoms with van der Waals surface area (Å²) in [5.74, 6) is -4.29. The van der Waals surface area contributed by atoms with Crippen LogP contribution in [0.4, 0.5) is 0 Å². The molecule has 2 aromatic carbocycles. The quantitative estimate of drug-likeness (QED) is 0.0668. The number of benzene rings is 2. The van der Waals surface area contributed by atoms with Gasteiger partial charge in [0.2, 0.25) is 23.3 Å². The smallest absolute Gasteiger partial charge is 0.731 e. The van der Waals surface area contributed by atoms with Crippen molar-refractivity contribution in [3.05, 3.63) is 59.7 Å². The molecule has 4 N–H and O–H groups in total. The van der Waals surface area contributed by atoms with Crippen molar-refractivity contribution in [2.75, 3.05) is 27.3 Å². The number of nitrogens with one attached hydrogen (secondary N) is 2. The van der Waals surface area contributed by atoms with Gasteiger partial charge in [0, 0.05) is 14.2 Å². The van der Waals surface area contributed by atoms with Crippen LogP contribution in [0.5, 0.6) is 0 Å². The summed E-state index contributed by atoms with van der Waals surface area (Å²) in [5, 5.41) is 4.25. The molecule has 2 atom stereocenters. The molecule has 2 unspecified atom stereocenters. The van der Waals surface area contributed by atoms with Crippen LogP contribution in [0.2, 0.25) is 0 Å². The van der Waals surface area contributed by atoms with Crippen molar-refractivity contribution in [3.8, 4) is 0 Å². The molecule has 2 aliphatic rings. The monoisotopic (exact) mass is 832 g/mol. The average Bonchev–Trinajstić information content (AvgIpc) is 2.99. The number of nitrogens with zero attached hydrogens (tertiary/aromatic N) is 2. The van der Waals surface area contributed by atoms with Crippen LogP contribution < -0.4 is 69.7 Å². The second kappa shape index (κ2) is 17.6. The molecule has 22 nitrogen and oxygen atoms in total. The molecule has 2 aliphatic heterocycles. The Hall–Kier alpha value is -2.12. The van der Waals surface area contributed by atoms with Gasteiger partial charge in [0.05, 0.1) is 35.7 Å². The van der Waals surface area contributed by atoms with E-state index in [0.29, 0.717) is 0 Å². The number of methoxy groups -OCH3 is 2. The standard InChI is InChI=1S/2C12H14N2O9S2.2Na/c2*1-23-12(7-14(11(12)16)25(20,21)22)13-10(15)6-8-4-2-3-5-9(8)24(17,18)19;;/h2*2-5H,6-7H2,1H3,(H,13,15)(H,17,18,19)(H,20,21,22);;/q;;2*+1/p-2. The number of ether oxygens (including phenoxy) is 2. The predicted octanol–water partition coefficient (Wildman–Crippen LogP) is -9.52. The molecule has 4 amide bonds. The Labute approximate surface area is 341 Å². The summed E-state index contributed by atoms with van der Waals surface area (Å²) < 4.78 is 138. The molecule has 0 aromatic heterocycles. The normalized spacial score (nSPS) is 20.1. The van der Waals surface area contributed by atoms with E-state index in [2.05, 4.69) is 10.6 Å². The maximum atomic E-state index is 12.1. The van der Waals surface area contributed by atoms with Crippen LogP contribution >= 0.6 is 0 Å². The first-order valence-electron chi connectivity index (χ1n) is 13.2. The van der Waals surface area contributed by atoms with Gasteiger partial charge in [-0.1, -0.05) is 36.4 Å². The number of carbonyl (C=O) groups is 4. The van der Waals surface area contributed by atoms with Gasteiger partial charge < -0.3 is 29.2 Å². The van der Waals surface area contributed by atoms with Crippen molar-refractivity contribution in [2.45, 2.75) is 34.1 Å². The number of carbonyl (C=O) groups excluding carboxylic acids is 4. The Morgan fingerprint density at radius 1 is 0.673 bits per heavy atom. The Kier molecular flexibility index (Phi) is 16.2.